The lowest BCUT2D eigenvalue weighted by Crippen LogP contribution is -1.95. The van der Waals surface area contributed by atoms with Gasteiger partial charge in [-0.1, -0.05) is 25.7 Å². The zero-order chi connectivity index (χ0) is 9.97. The van der Waals surface area contributed by atoms with Gasteiger partial charge in [0.15, 0.2) is 0 Å². The Labute approximate surface area is 85.7 Å². The third-order valence-corrected chi connectivity index (χ3v) is 2.80. The van der Waals surface area contributed by atoms with Crippen LogP contribution in [-0.4, -0.2) is 4.57 Å². The van der Waals surface area contributed by atoms with E-state index >= 15 is 0 Å². The van der Waals surface area contributed by atoms with Crippen molar-refractivity contribution in [2.45, 2.75) is 32.7 Å². The Hall–Kier alpha value is -1.24. The molecule has 1 aliphatic heterocycles. The van der Waals surface area contributed by atoms with Crippen molar-refractivity contribution < 1.29 is 0 Å². The minimum atomic E-state index is 1.09. The van der Waals surface area contributed by atoms with E-state index in [0.29, 0.717) is 0 Å². The van der Waals surface area contributed by atoms with Crippen molar-refractivity contribution in [1.82, 2.24) is 4.57 Å². The van der Waals surface area contributed by atoms with Gasteiger partial charge < -0.3 is 4.57 Å². The number of aryl methyl sites for hydroxylation is 1. The van der Waals surface area contributed by atoms with Crippen LogP contribution >= 0.6 is 0 Å². The molecule has 0 atom stereocenters. The molecule has 14 heavy (non-hydrogen) atoms. The topological polar surface area (TPSA) is 4.93 Å². The maximum atomic E-state index is 3.87. The SMILES string of the molecule is C=Cc1cc2n(c1/C=C\CC)CCC2. The zero-order valence-corrected chi connectivity index (χ0v) is 8.79. The first-order chi connectivity index (χ1) is 6.86. The Morgan fingerprint density at radius 3 is 3.14 bits per heavy atom. The molecule has 0 aromatic carbocycles. The van der Waals surface area contributed by atoms with Crippen LogP contribution < -0.4 is 0 Å². The molecule has 0 fully saturated rings. The molecule has 1 nitrogen and oxygen atoms in total. The number of nitrogens with zero attached hydrogens (tertiary/aromatic N) is 1. The molecule has 0 amide bonds. The van der Waals surface area contributed by atoms with Gasteiger partial charge in [-0.3, -0.25) is 0 Å². The summed E-state index contributed by atoms with van der Waals surface area (Å²) in [6.45, 7) is 7.20. The van der Waals surface area contributed by atoms with Gasteiger partial charge in [0.05, 0.1) is 0 Å². The predicted molar refractivity (Wildman–Crippen MR) is 62.2 cm³/mol. The quantitative estimate of drug-likeness (QED) is 0.682. The molecule has 1 aromatic heterocycles. The number of fused-ring (bicyclic) bond motifs is 1. The van der Waals surface area contributed by atoms with Gasteiger partial charge in [0.25, 0.3) is 0 Å². The van der Waals surface area contributed by atoms with Crippen LogP contribution in [0.15, 0.2) is 18.7 Å². The monoisotopic (exact) mass is 187 g/mol. The van der Waals surface area contributed by atoms with Crippen molar-refractivity contribution in [3.05, 3.63) is 35.7 Å². The molecule has 74 valence electrons. The summed E-state index contributed by atoms with van der Waals surface area (Å²) in [6.07, 6.45) is 10.0. The largest absolute Gasteiger partial charge is 0.345 e. The average molecular weight is 187 g/mol. The van der Waals surface area contributed by atoms with Gasteiger partial charge in [0.1, 0.15) is 0 Å². The number of rotatable bonds is 3. The summed E-state index contributed by atoms with van der Waals surface area (Å²) >= 11 is 0. The van der Waals surface area contributed by atoms with E-state index in [2.05, 4.69) is 36.3 Å². The van der Waals surface area contributed by atoms with Crippen LogP contribution in [0.25, 0.3) is 12.2 Å². The highest BCUT2D eigenvalue weighted by atomic mass is 15.0. The van der Waals surface area contributed by atoms with Gasteiger partial charge in [0.2, 0.25) is 0 Å². The van der Waals surface area contributed by atoms with Crippen LogP contribution in [0.2, 0.25) is 0 Å². The van der Waals surface area contributed by atoms with E-state index in [1.165, 1.54) is 36.3 Å². The van der Waals surface area contributed by atoms with Crippen molar-refractivity contribution in [3.8, 4) is 0 Å². The third kappa shape index (κ3) is 1.43. The standard InChI is InChI=1S/C13H17N/c1-3-5-8-13-11(4-2)10-12-7-6-9-14(12)13/h4-5,8,10H,2-3,6-7,9H2,1H3/b8-5-. The summed E-state index contributed by atoms with van der Waals surface area (Å²) in [5.74, 6) is 0. The van der Waals surface area contributed by atoms with Gasteiger partial charge in [0, 0.05) is 17.9 Å². The lowest BCUT2D eigenvalue weighted by Gasteiger charge is -2.02. The first kappa shape index (κ1) is 9.32. The number of aromatic nitrogens is 1. The molecule has 2 rings (SSSR count). The fourth-order valence-electron chi connectivity index (χ4n) is 2.11. The van der Waals surface area contributed by atoms with Crippen LogP contribution in [0.5, 0.6) is 0 Å². The highest BCUT2D eigenvalue weighted by molar-refractivity contribution is 5.64. The van der Waals surface area contributed by atoms with Gasteiger partial charge in [-0.25, -0.2) is 0 Å². The van der Waals surface area contributed by atoms with Gasteiger partial charge in [-0.15, -0.1) is 0 Å². The number of hydrogen-bond acceptors (Lipinski definition) is 0. The molecule has 2 heterocycles. The first-order valence-electron chi connectivity index (χ1n) is 5.38. The summed E-state index contributed by atoms with van der Waals surface area (Å²) in [5.41, 5.74) is 4.09. The van der Waals surface area contributed by atoms with E-state index in [9.17, 15) is 0 Å². The van der Waals surface area contributed by atoms with Gasteiger partial charge in [-0.2, -0.15) is 0 Å². The molecule has 0 unspecified atom stereocenters. The van der Waals surface area contributed by atoms with Crippen molar-refractivity contribution >= 4 is 12.2 Å². The van der Waals surface area contributed by atoms with E-state index < -0.39 is 0 Å². The molecule has 1 aromatic rings. The Balaban J connectivity index is 2.44. The highest BCUT2D eigenvalue weighted by Crippen LogP contribution is 2.25. The minimum Gasteiger partial charge on any atom is -0.345 e. The van der Waals surface area contributed by atoms with Crippen molar-refractivity contribution in [3.63, 3.8) is 0 Å². The van der Waals surface area contributed by atoms with Crippen molar-refractivity contribution in [2.24, 2.45) is 0 Å². The Morgan fingerprint density at radius 2 is 2.43 bits per heavy atom. The molecular weight excluding hydrogens is 170 g/mol. The van der Waals surface area contributed by atoms with E-state index in [4.69, 9.17) is 0 Å². The average Bonchev–Trinajstić information content (AvgIpc) is 2.74. The molecule has 0 radical (unpaired) electrons. The van der Waals surface area contributed by atoms with Crippen molar-refractivity contribution in [2.75, 3.05) is 0 Å². The number of hydrogen-bond donors (Lipinski definition) is 0. The summed E-state index contributed by atoms with van der Waals surface area (Å²) in [5, 5.41) is 0. The molecule has 0 N–H and O–H groups in total. The maximum absolute atomic E-state index is 3.87. The second-order valence-electron chi connectivity index (χ2n) is 3.75. The zero-order valence-electron chi connectivity index (χ0n) is 8.79. The highest BCUT2D eigenvalue weighted by Gasteiger charge is 2.15. The van der Waals surface area contributed by atoms with E-state index in [0.717, 1.165) is 6.42 Å². The lowest BCUT2D eigenvalue weighted by atomic mass is 10.2. The van der Waals surface area contributed by atoms with Gasteiger partial charge >= 0.3 is 0 Å². The summed E-state index contributed by atoms with van der Waals surface area (Å²) in [7, 11) is 0. The smallest absolute Gasteiger partial charge is 0.0479 e. The van der Waals surface area contributed by atoms with Crippen LogP contribution in [0.4, 0.5) is 0 Å². The molecule has 0 saturated carbocycles. The van der Waals surface area contributed by atoms with Crippen LogP contribution in [0.3, 0.4) is 0 Å². The fourth-order valence-corrected chi connectivity index (χ4v) is 2.11. The van der Waals surface area contributed by atoms with E-state index in [1.807, 2.05) is 6.08 Å². The van der Waals surface area contributed by atoms with Crippen LogP contribution in [0, 0.1) is 0 Å². The fraction of sp³-hybridized carbons (Fsp3) is 0.385. The first-order valence-corrected chi connectivity index (χ1v) is 5.38. The van der Waals surface area contributed by atoms with Crippen molar-refractivity contribution in [1.29, 1.82) is 0 Å². The Kier molecular flexibility index (Phi) is 2.58. The van der Waals surface area contributed by atoms with Crippen LogP contribution in [0.1, 0.15) is 36.7 Å². The second-order valence-corrected chi connectivity index (χ2v) is 3.75. The molecule has 0 aliphatic carbocycles. The molecule has 0 spiro atoms. The summed E-state index contributed by atoms with van der Waals surface area (Å²) in [6, 6.07) is 2.27. The molecular formula is C13H17N. The van der Waals surface area contributed by atoms with E-state index in [-0.39, 0.29) is 0 Å². The third-order valence-electron chi connectivity index (χ3n) is 2.80. The molecule has 0 saturated heterocycles. The van der Waals surface area contributed by atoms with Crippen LogP contribution in [-0.2, 0) is 13.0 Å². The number of allylic oxidation sites excluding steroid dienone is 1. The molecule has 0 bridgehead atoms. The second kappa shape index (κ2) is 3.87. The summed E-state index contributed by atoms with van der Waals surface area (Å²) in [4.78, 5) is 0. The Bertz CT molecular complexity index is 369. The maximum Gasteiger partial charge on any atom is 0.0479 e. The van der Waals surface area contributed by atoms with E-state index in [1.54, 1.807) is 0 Å². The predicted octanol–water partition coefficient (Wildman–Crippen LogP) is 3.50. The summed E-state index contributed by atoms with van der Waals surface area (Å²) < 4.78 is 2.42. The molecule has 1 aliphatic rings. The lowest BCUT2D eigenvalue weighted by molar-refractivity contribution is 0.743. The van der Waals surface area contributed by atoms with Gasteiger partial charge in [-0.05, 0) is 37.0 Å². The minimum absolute atomic E-state index is 1.09. The Morgan fingerprint density at radius 1 is 1.57 bits per heavy atom. The normalized spacial score (nSPS) is 14.9. The molecule has 1 heteroatoms.